The van der Waals surface area contributed by atoms with Gasteiger partial charge < -0.3 is 19.3 Å². The van der Waals surface area contributed by atoms with Gasteiger partial charge in [-0.15, -0.1) is 11.3 Å². The van der Waals surface area contributed by atoms with Crippen molar-refractivity contribution in [2.45, 2.75) is 32.7 Å². The fraction of sp³-hybridized carbons (Fsp3) is 0.333. The first-order chi connectivity index (χ1) is 18.0. The van der Waals surface area contributed by atoms with Crippen LogP contribution < -0.4 is 9.47 Å². The molecule has 0 N–H and O–H groups in total. The van der Waals surface area contributed by atoms with Gasteiger partial charge in [0, 0.05) is 24.0 Å². The van der Waals surface area contributed by atoms with Crippen molar-refractivity contribution in [3.05, 3.63) is 88.1 Å². The Morgan fingerprint density at radius 3 is 2.38 bits per heavy atom. The van der Waals surface area contributed by atoms with Crippen LogP contribution in [-0.4, -0.2) is 55.5 Å². The van der Waals surface area contributed by atoms with E-state index in [4.69, 9.17) is 9.47 Å². The lowest BCUT2D eigenvalue weighted by atomic mass is 10.1. The average molecular weight is 521 g/mol. The highest BCUT2D eigenvalue weighted by Crippen LogP contribution is 2.28. The summed E-state index contributed by atoms with van der Waals surface area (Å²) in [6.45, 7) is 3.72. The third-order valence-electron chi connectivity index (χ3n) is 6.04. The van der Waals surface area contributed by atoms with Gasteiger partial charge in [0.05, 0.1) is 20.8 Å². The summed E-state index contributed by atoms with van der Waals surface area (Å²) in [7, 11) is 3.22. The standard InChI is InChI=1S/C30H36N2O4S/c1-4-5-18-31(29(33)16-14-24-10-7-6-8-11-24)23-30(34)32(22-26-12-9-20-37-26)19-17-25-13-15-27(35-2)28(21-25)36-3/h6-16,20-21H,4-5,17-19,22-23H2,1-3H3. The molecule has 1 aromatic heterocycles. The molecular formula is C30H36N2O4S. The number of amides is 2. The van der Waals surface area contributed by atoms with Crippen molar-refractivity contribution < 1.29 is 19.1 Å². The summed E-state index contributed by atoms with van der Waals surface area (Å²) >= 11 is 1.62. The van der Waals surface area contributed by atoms with E-state index in [0.717, 1.165) is 28.8 Å². The highest BCUT2D eigenvalue weighted by Gasteiger charge is 2.21. The molecule has 3 rings (SSSR count). The molecule has 2 amide bonds. The van der Waals surface area contributed by atoms with Crippen LogP contribution in [0.15, 0.2) is 72.1 Å². The van der Waals surface area contributed by atoms with Crippen molar-refractivity contribution in [3.8, 4) is 11.5 Å². The number of methoxy groups -OCH3 is 2. The van der Waals surface area contributed by atoms with Gasteiger partial charge in [0.15, 0.2) is 11.5 Å². The minimum absolute atomic E-state index is 0.0509. The summed E-state index contributed by atoms with van der Waals surface area (Å²) in [5.41, 5.74) is 2.00. The van der Waals surface area contributed by atoms with Crippen LogP contribution in [0, 0.1) is 0 Å². The predicted molar refractivity (Wildman–Crippen MR) is 150 cm³/mol. The second kappa shape index (κ2) is 14.9. The molecule has 6 nitrogen and oxygen atoms in total. The van der Waals surface area contributed by atoms with Gasteiger partial charge in [-0.25, -0.2) is 0 Å². The lowest BCUT2D eigenvalue weighted by Gasteiger charge is -2.27. The maximum atomic E-state index is 13.5. The summed E-state index contributed by atoms with van der Waals surface area (Å²) in [6.07, 6.45) is 5.80. The van der Waals surface area contributed by atoms with Crippen molar-refractivity contribution in [3.63, 3.8) is 0 Å². The smallest absolute Gasteiger partial charge is 0.247 e. The molecule has 0 spiro atoms. The molecule has 3 aromatic rings. The van der Waals surface area contributed by atoms with Gasteiger partial charge in [-0.3, -0.25) is 9.59 Å². The summed E-state index contributed by atoms with van der Waals surface area (Å²) < 4.78 is 10.8. The number of ether oxygens (including phenoxy) is 2. The Hall–Kier alpha value is -3.58. The quantitative estimate of drug-likeness (QED) is 0.257. The molecule has 0 fully saturated rings. The molecule has 196 valence electrons. The number of nitrogens with zero attached hydrogens (tertiary/aromatic N) is 2. The van der Waals surface area contributed by atoms with Crippen LogP contribution in [-0.2, 0) is 22.6 Å². The van der Waals surface area contributed by atoms with Crippen LogP contribution in [0.1, 0.15) is 35.8 Å². The third-order valence-corrected chi connectivity index (χ3v) is 6.90. The van der Waals surface area contributed by atoms with Crippen molar-refractivity contribution in [2.75, 3.05) is 33.9 Å². The minimum atomic E-state index is -0.151. The molecule has 0 aliphatic heterocycles. The molecule has 1 heterocycles. The molecule has 0 unspecified atom stereocenters. The zero-order valence-corrected chi connectivity index (χ0v) is 22.7. The van der Waals surface area contributed by atoms with Crippen LogP contribution in [0.2, 0.25) is 0 Å². The molecular weight excluding hydrogens is 484 g/mol. The number of thiophene rings is 1. The first kappa shape index (κ1) is 28.0. The van der Waals surface area contributed by atoms with E-state index in [1.165, 1.54) is 0 Å². The molecule has 0 atom stereocenters. The molecule has 0 bridgehead atoms. The van der Waals surface area contributed by atoms with Crippen LogP contribution in [0.5, 0.6) is 11.5 Å². The van der Waals surface area contributed by atoms with Gasteiger partial charge in [0.25, 0.3) is 0 Å². The summed E-state index contributed by atoms with van der Waals surface area (Å²) in [4.78, 5) is 31.2. The van der Waals surface area contributed by atoms with Crippen LogP contribution in [0.25, 0.3) is 6.08 Å². The van der Waals surface area contributed by atoms with Crippen molar-refractivity contribution in [1.82, 2.24) is 9.80 Å². The number of hydrogen-bond acceptors (Lipinski definition) is 5. The molecule has 2 aromatic carbocycles. The first-order valence-electron chi connectivity index (χ1n) is 12.6. The summed E-state index contributed by atoms with van der Waals surface area (Å²) in [5.74, 6) is 1.12. The number of unbranched alkanes of at least 4 members (excludes halogenated alkanes) is 1. The van der Waals surface area contributed by atoms with Crippen LogP contribution in [0.4, 0.5) is 0 Å². The molecule has 7 heteroatoms. The van der Waals surface area contributed by atoms with E-state index >= 15 is 0 Å². The molecule has 0 aliphatic rings. The van der Waals surface area contributed by atoms with E-state index in [1.54, 1.807) is 42.6 Å². The van der Waals surface area contributed by atoms with Crippen molar-refractivity contribution in [1.29, 1.82) is 0 Å². The topological polar surface area (TPSA) is 59.1 Å². The number of rotatable bonds is 14. The van der Waals surface area contributed by atoms with E-state index < -0.39 is 0 Å². The SMILES string of the molecule is CCCCN(CC(=O)N(CCc1ccc(OC)c(OC)c1)Cc1cccs1)C(=O)C=Cc1ccccc1. The zero-order chi connectivity index (χ0) is 26.5. The Labute approximate surface area is 224 Å². The lowest BCUT2D eigenvalue weighted by molar-refractivity contribution is -0.138. The maximum absolute atomic E-state index is 13.5. The van der Waals surface area contributed by atoms with Gasteiger partial charge in [-0.1, -0.05) is 55.8 Å². The highest BCUT2D eigenvalue weighted by molar-refractivity contribution is 7.09. The zero-order valence-electron chi connectivity index (χ0n) is 21.9. The summed E-state index contributed by atoms with van der Waals surface area (Å²) in [5, 5.41) is 2.01. The Kier molecular flexibility index (Phi) is 11.2. The Morgan fingerprint density at radius 1 is 0.919 bits per heavy atom. The number of carbonyl (C=O) groups is 2. The maximum Gasteiger partial charge on any atom is 0.247 e. The number of hydrogen-bond donors (Lipinski definition) is 0. The third kappa shape index (κ3) is 8.79. The van der Waals surface area contributed by atoms with Gasteiger partial charge in [-0.2, -0.15) is 0 Å². The van der Waals surface area contributed by atoms with Crippen molar-refractivity contribution >= 4 is 29.2 Å². The van der Waals surface area contributed by atoms with Crippen LogP contribution >= 0.6 is 11.3 Å². The Morgan fingerprint density at radius 2 is 1.70 bits per heavy atom. The largest absolute Gasteiger partial charge is 0.493 e. The average Bonchev–Trinajstić information content (AvgIpc) is 3.45. The normalized spacial score (nSPS) is 10.9. The van der Waals surface area contributed by atoms with Gasteiger partial charge in [0.1, 0.15) is 6.54 Å². The molecule has 0 saturated heterocycles. The first-order valence-corrected chi connectivity index (χ1v) is 13.4. The van der Waals surface area contributed by atoms with Crippen molar-refractivity contribution in [2.24, 2.45) is 0 Å². The highest BCUT2D eigenvalue weighted by atomic mass is 32.1. The molecule has 37 heavy (non-hydrogen) atoms. The Bertz CT molecular complexity index is 1150. The van der Waals surface area contributed by atoms with Gasteiger partial charge in [-0.05, 0) is 53.6 Å². The van der Waals surface area contributed by atoms with E-state index in [0.29, 0.717) is 37.6 Å². The molecule has 0 saturated carbocycles. The fourth-order valence-corrected chi connectivity index (χ4v) is 4.62. The number of carbonyl (C=O) groups excluding carboxylic acids is 2. The van der Waals surface area contributed by atoms with E-state index in [9.17, 15) is 9.59 Å². The van der Waals surface area contributed by atoms with E-state index in [1.807, 2.05) is 70.9 Å². The fourth-order valence-electron chi connectivity index (χ4n) is 3.90. The minimum Gasteiger partial charge on any atom is -0.493 e. The second-order valence-electron chi connectivity index (χ2n) is 8.69. The Balaban J connectivity index is 1.73. The van der Waals surface area contributed by atoms with Gasteiger partial charge >= 0.3 is 0 Å². The van der Waals surface area contributed by atoms with E-state index in [2.05, 4.69) is 6.92 Å². The van der Waals surface area contributed by atoms with Gasteiger partial charge in [0.2, 0.25) is 11.8 Å². The lowest BCUT2D eigenvalue weighted by Crippen LogP contribution is -2.43. The second-order valence-corrected chi connectivity index (χ2v) is 9.72. The predicted octanol–water partition coefficient (Wildman–Crippen LogP) is 5.68. The van der Waals surface area contributed by atoms with E-state index in [-0.39, 0.29) is 18.4 Å². The molecule has 0 aliphatic carbocycles. The monoisotopic (exact) mass is 520 g/mol. The molecule has 0 radical (unpaired) electrons. The van der Waals surface area contributed by atoms with Crippen LogP contribution in [0.3, 0.4) is 0 Å². The summed E-state index contributed by atoms with van der Waals surface area (Å²) in [6, 6.07) is 19.5. The number of benzene rings is 2.